The predicted molar refractivity (Wildman–Crippen MR) is 105 cm³/mol. The number of hydrogen-bond donors (Lipinski definition) is 1. The van der Waals surface area contributed by atoms with Gasteiger partial charge in [-0.05, 0) is 22.3 Å². The highest BCUT2D eigenvalue weighted by atomic mass is 28.2. The van der Waals surface area contributed by atoms with Crippen molar-refractivity contribution in [1.82, 2.24) is 0 Å². The van der Waals surface area contributed by atoms with Gasteiger partial charge in [-0.25, -0.2) is 0 Å². The summed E-state index contributed by atoms with van der Waals surface area (Å²) in [5.74, 6) is 0.0174. The first-order valence-corrected chi connectivity index (χ1v) is 11.1. The van der Waals surface area contributed by atoms with Gasteiger partial charge >= 0.3 is 0 Å². The van der Waals surface area contributed by atoms with Crippen LogP contribution in [0.2, 0.25) is 13.1 Å². The second-order valence-corrected chi connectivity index (χ2v) is 9.48. The lowest BCUT2D eigenvalue weighted by Crippen LogP contribution is -2.44. The van der Waals surface area contributed by atoms with Crippen LogP contribution in [0.1, 0.15) is 34.1 Å². The minimum atomic E-state index is -0.885. The van der Waals surface area contributed by atoms with Crippen LogP contribution in [0.5, 0.6) is 0 Å². The Morgan fingerprint density at radius 1 is 0.833 bits per heavy atom. The topological polar surface area (TPSA) is 20.2 Å². The van der Waals surface area contributed by atoms with E-state index in [-0.39, 0.29) is 11.8 Å². The Kier molecular flexibility index (Phi) is 3.74. The van der Waals surface area contributed by atoms with Gasteiger partial charge in [0, 0.05) is 20.2 Å². The molecule has 2 atom stereocenters. The summed E-state index contributed by atoms with van der Waals surface area (Å²) in [6.45, 7) is 4.48. The molecule has 120 valence electrons. The van der Waals surface area contributed by atoms with E-state index in [1.807, 2.05) is 0 Å². The first kappa shape index (κ1) is 15.5. The van der Waals surface area contributed by atoms with Gasteiger partial charge in [0.2, 0.25) is 0 Å². The fraction of sp³-hybridized carbons (Fsp3) is 0.227. The lowest BCUT2D eigenvalue weighted by Gasteiger charge is -2.37. The SMILES string of the molecule is C[Si](C)=CC(O)(C1C=Cc2ccccc21)C1C=Cc2ccccc21. The fourth-order valence-corrected chi connectivity index (χ4v) is 5.42. The average Bonchev–Trinajstić information content (AvgIpc) is 3.19. The van der Waals surface area contributed by atoms with Crippen LogP contribution >= 0.6 is 0 Å². The molecule has 0 aromatic heterocycles. The summed E-state index contributed by atoms with van der Waals surface area (Å²) in [6, 6.07) is 16.8. The van der Waals surface area contributed by atoms with Crippen LogP contribution in [0.25, 0.3) is 12.2 Å². The van der Waals surface area contributed by atoms with Gasteiger partial charge in [-0.3, -0.25) is 0 Å². The normalized spacial score (nSPS) is 22.8. The van der Waals surface area contributed by atoms with Gasteiger partial charge in [0.15, 0.2) is 0 Å². The van der Waals surface area contributed by atoms with Crippen molar-refractivity contribution >= 4 is 26.2 Å². The van der Waals surface area contributed by atoms with Crippen LogP contribution in [0.3, 0.4) is 0 Å². The highest BCUT2D eigenvalue weighted by molar-refractivity contribution is 6.64. The Bertz CT molecular complexity index is 810. The smallest absolute Gasteiger partial charge is 0.0995 e. The van der Waals surface area contributed by atoms with Gasteiger partial charge in [0.05, 0.1) is 5.60 Å². The van der Waals surface area contributed by atoms with Crippen molar-refractivity contribution in [2.24, 2.45) is 0 Å². The van der Waals surface area contributed by atoms with E-state index in [0.717, 1.165) is 0 Å². The molecule has 2 aliphatic carbocycles. The van der Waals surface area contributed by atoms with Gasteiger partial charge < -0.3 is 5.11 Å². The quantitative estimate of drug-likeness (QED) is 0.823. The zero-order valence-corrected chi connectivity index (χ0v) is 15.1. The van der Waals surface area contributed by atoms with Gasteiger partial charge in [0.1, 0.15) is 0 Å². The molecule has 0 spiro atoms. The van der Waals surface area contributed by atoms with E-state index in [1.165, 1.54) is 22.3 Å². The molecule has 0 heterocycles. The van der Waals surface area contributed by atoms with E-state index in [9.17, 15) is 5.11 Å². The minimum absolute atomic E-state index is 0.00871. The van der Waals surface area contributed by atoms with E-state index in [0.29, 0.717) is 0 Å². The lowest BCUT2D eigenvalue weighted by atomic mass is 9.74. The van der Waals surface area contributed by atoms with E-state index in [4.69, 9.17) is 0 Å². The molecule has 2 heteroatoms. The Morgan fingerprint density at radius 3 is 1.75 bits per heavy atom. The molecule has 4 rings (SSSR count). The number of rotatable bonds is 3. The molecule has 0 aliphatic heterocycles. The van der Waals surface area contributed by atoms with Crippen molar-refractivity contribution in [2.75, 3.05) is 0 Å². The van der Waals surface area contributed by atoms with Crippen molar-refractivity contribution in [1.29, 1.82) is 0 Å². The molecule has 2 aromatic rings. The van der Waals surface area contributed by atoms with Crippen LogP contribution in [-0.2, 0) is 0 Å². The Hall–Kier alpha value is -2.03. The third-order valence-electron chi connectivity index (χ3n) is 5.11. The monoisotopic (exact) mass is 330 g/mol. The molecule has 0 fully saturated rings. The summed E-state index contributed by atoms with van der Waals surface area (Å²) in [5, 5.41) is 11.9. The van der Waals surface area contributed by atoms with Gasteiger partial charge in [-0.2, -0.15) is 0 Å². The summed E-state index contributed by atoms with van der Waals surface area (Å²) in [4.78, 5) is 0. The molecule has 0 radical (unpaired) electrons. The first-order valence-electron chi connectivity index (χ1n) is 8.52. The molecule has 2 unspecified atom stereocenters. The van der Waals surface area contributed by atoms with Gasteiger partial charge in [-0.15, -0.1) is 0 Å². The second kappa shape index (κ2) is 5.80. The number of aliphatic hydroxyl groups is 1. The maximum absolute atomic E-state index is 11.9. The Labute approximate surface area is 145 Å². The zero-order chi connectivity index (χ0) is 16.7. The van der Waals surface area contributed by atoms with Crippen molar-refractivity contribution in [3.63, 3.8) is 0 Å². The molecule has 24 heavy (non-hydrogen) atoms. The third-order valence-corrected chi connectivity index (χ3v) is 6.15. The predicted octanol–water partition coefficient (Wildman–Crippen LogP) is 4.48. The maximum Gasteiger partial charge on any atom is 0.0995 e. The highest BCUT2D eigenvalue weighted by Gasteiger charge is 2.44. The molecule has 1 N–H and O–H groups in total. The highest BCUT2D eigenvalue weighted by Crippen LogP contribution is 2.47. The summed E-state index contributed by atoms with van der Waals surface area (Å²) >= 11 is 0. The number of hydrogen-bond acceptors (Lipinski definition) is 1. The molecule has 2 aromatic carbocycles. The largest absolute Gasteiger partial charge is 0.384 e. The Balaban J connectivity index is 1.86. The number of fused-ring (bicyclic) bond motifs is 2. The van der Waals surface area contributed by atoms with Crippen LogP contribution in [0, 0.1) is 0 Å². The molecule has 0 amide bonds. The second-order valence-electron chi connectivity index (χ2n) is 7.04. The van der Waals surface area contributed by atoms with Crippen molar-refractivity contribution in [3.8, 4) is 0 Å². The lowest BCUT2D eigenvalue weighted by molar-refractivity contribution is 0.0900. The van der Waals surface area contributed by atoms with Crippen molar-refractivity contribution in [2.45, 2.75) is 30.5 Å². The van der Waals surface area contributed by atoms with Crippen LogP contribution < -0.4 is 0 Å². The maximum atomic E-state index is 11.9. The van der Waals surface area contributed by atoms with Crippen LogP contribution in [0.15, 0.2) is 60.7 Å². The van der Waals surface area contributed by atoms with Crippen molar-refractivity contribution in [3.05, 3.63) is 82.9 Å². The molecular formula is C22H22OSi. The Morgan fingerprint density at radius 2 is 1.29 bits per heavy atom. The third kappa shape index (κ3) is 2.38. The van der Waals surface area contributed by atoms with Crippen LogP contribution in [-0.4, -0.2) is 24.8 Å². The van der Waals surface area contributed by atoms with Crippen LogP contribution in [0.4, 0.5) is 0 Å². The summed E-state index contributed by atoms with van der Waals surface area (Å²) in [7, 11) is -0.711. The number of benzene rings is 2. The molecular weight excluding hydrogens is 308 g/mol. The van der Waals surface area contributed by atoms with E-state index < -0.39 is 14.0 Å². The molecule has 0 saturated heterocycles. The fourth-order valence-electron chi connectivity index (χ4n) is 4.14. The first-order chi connectivity index (χ1) is 11.6. The molecule has 1 nitrogen and oxygen atoms in total. The van der Waals surface area contributed by atoms with Crippen molar-refractivity contribution < 1.29 is 5.11 Å². The standard InChI is InChI=1S/C22H22OSi/c1-24(2)15-22(23,20-13-11-16-7-3-5-9-18(16)20)21-14-12-17-8-4-6-10-19(17)21/h3-15,20-21,23H,1-2H3. The summed E-state index contributed by atoms with van der Waals surface area (Å²) < 4.78 is 0. The summed E-state index contributed by atoms with van der Waals surface area (Å²) in [5.41, 5.74) is 6.27. The van der Waals surface area contributed by atoms with Gasteiger partial charge in [0.25, 0.3) is 0 Å². The summed E-state index contributed by atoms with van der Waals surface area (Å²) in [6.07, 6.45) is 8.67. The van der Waals surface area contributed by atoms with Gasteiger partial charge in [-0.1, -0.05) is 91.6 Å². The molecule has 2 aliphatic rings. The minimum Gasteiger partial charge on any atom is -0.384 e. The average molecular weight is 331 g/mol. The van der Waals surface area contributed by atoms with E-state index in [1.54, 1.807) is 0 Å². The molecule has 0 saturated carbocycles. The zero-order valence-electron chi connectivity index (χ0n) is 14.1. The van der Waals surface area contributed by atoms with E-state index in [2.05, 4.69) is 91.6 Å². The van der Waals surface area contributed by atoms with E-state index >= 15 is 0 Å². The molecule has 0 bridgehead atoms.